The molecule has 1 amide bonds. The van der Waals surface area contributed by atoms with Crippen LogP contribution in [-0.4, -0.2) is 52.6 Å². The molecule has 0 saturated carbocycles. The molecule has 8 nitrogen and oxygen atoms in total. The van der Waals surface area contributed by atoms with Crippen molar-refractivity contribution in [2.45, 2.75) is 0 Å². The SMILES string of the molecule is N#Cc1ccccc1NC(=O)CN(CC(=O)O)CC(=O)O. The first-order valence-corrected chi connectivity index (χ1v) is 5.87. The van der Waals surface area contributed by atoms with Crippen LogP contribution in [0.25, 0.3) is 0 Å². The third-order valence-electron chi connectivity index (χ3n) is 2.41. The number of hydrogen-bond donors (Lipinski definition) is 3. The van der Waals surface area contributed by atoms with Crippen molar-refractivity contribution in [3.63, 3.8) is 0 Å². The Kier molecular flexibility index (Phi) is 5.85. The van der Waals surface area contributed by atoms with E-state index in [-0.39, 0.29) is 11.3 Å². The van der Waals surface area contributed by atoms with E-state index in [2.05, 4.69) is 5.32 Å². The summed E-state index contributed by atoms with van der Waals surface area (Å²) < 4.78 is 0. The van der Waals surface area contributed by atoms with Crippen molar-refractivity contribution in [2.24, 2.45) is 0 Å². The Morgan fingerprint density at radius 3 is 2.19 bits per heavy atom. The molecule has 110 valence electrons. The average molecular weight is 291 g/mol. The summed E-state index contributed by atoms with van der Waals surface area (Å²) >= 11 is 0. The molecule has 0 aliphatic heterocycles. The molecule has 21 heavy (non-hydrogen) atoms. The van der Waals surface area contributed by atoms with Crippen molar-refractivity contribution in [2.75, 3.05) is 25.0 Å². The van der Waals surface area contributed by atoms with Crippen LogP contribution >= 0.6 is 0 Å². The Morgan fingerprint density at radius 2 is 1.67 bits per heavy atom. The van der Waals surface area contributed by atoms with Crippen molar-refractivity contribution in [3.05, 3.63) is 29.8 Å². The van der Waals surface area contributed by atoms with E-state index in [0.29, 0.717) is 0 Å². The number of carbonyl (C=O) groups is 3. The number of para-hydroxylation sites is 1. The molecule has 3 N–H and O–H groups in total. The van der Waals surface area contributed by atoms with Crippen LogP contribution in [0, 0.1) is 11.3 Å². The summed E-state index contributed by atoms with van der Waals surface area (Å²) in [5.41, 5.74) is 0.546. The fraction of sp³-hybridized carbons (Fsp3) is 0.231. The maximum atomic E-state index is 11.8. The third kappa shape index (κ3) is 5.71. The summed E-state index contributed by atoms with van der Waals surface area (Å²) in [6.45, 7) is -1.54. The zero-order chi connectivity index (χ0) is 15.8. The average Bonchev–Trinajstić information content (AvgIpc) is 2.37. The van der Waals surface area contributed by atoms with Gasteiger partial charge in [-0.3, -0.25) is 19.3 Å². The highest BCUT2D eigenvalue weighted by Gasteiger charge is 2.17. The summed E-state index contributed by atoms with van der Waals surface area (Å²) in [5.74, 6) is -3.07. The molecule has 0 bridgehead atoms. The molecule has 0 spiro atoms. The summed E-state index contributed by atoms with van der Waals surface area (Å²) in [7, 11) is 0. The van der Waals surface area contributed by atoms with Crippen LogP contribution in [-0.2, 0) is 14.4 Å². The number of nitrogens with zero attached hydrogens (tertiary/aromatic N) is 2. The topological polar surface area (TPSA) is 131 Å². The van der Waals surface area contributed by atoms with Gasteiger partial charge >= 0.3 is 11.9 Å². The highest BCUT2D eigenvalue weighted by Crippen LogP contribution is 2.13. The van der Waals surface area contributed by atoms with Gasteiger partial charge in [0.2, 0.25) is 5.91 Å². The van der Waals surface area contributed by atoms with Crippen LogP contribution in [0.2, 0.25) is 0 Å². The molecule has 0 atom stereocenters. The van der Waals surface area contributed by atoms with Crippen LogP contribution in [0.15, 0.2) is 24.3 Å². The van der Waals surface area contributed by atoms with Gasteiger partial charge in [0.25, 0.3) is 0 Å². The fourth-order valence-corrected chi connectivity index (χ4v) is 1.63. The van der Waals surface area contributed by atoms with Gasteiger partial charge in [0, 0.05) is 0 Å². The van der Waals surface area contributed by atoms with Crippen molar-refractivity contribution in [1.29, 1.82) is 5.26 Å². The predicted octanol–water partition coefficient (Wildman–Crippen LogP) is -0.0320. The highest BCUT2D eigenvalue weighted by atomic mass is 16.4. The number of rotatable bonds is 7. The van der Waals surface area contributed by atoms with Crippen LogP contribution in [0.1, 0.15) is 5.56 Å². The van der Waals surface area contributed by atoms with Crippen LogP contribution in [0.4, 0.5) is 5.69 Å². The summed E-state index contributed by atoms with van der Waals surface area (Å²) in [6, 6.07) is 8.20. The molecule has 0 fully saturated rings. The van der Waals surface area contributed by atoms with Crippen LogP contribution < -0.4 is 5.32 Å². The molecule has 1 rings (SSSR count). The Morgan fingerprint density at radius 1 is 1.10 bits per heavy atom. The van der Waals surface area contributed by atoms with E-state index in [0.717, 1.165) is 4.90 Å². The summed E-state index contributed by atoms with van der Waals surface area (Å²) in [4.78, 5) is 34.0. The largest absolute Gasteiger partial charge is 0.480 e. The van der Waals surface area contributed by atoms with E-state index in [1.54, 1.807) is 12.1 Å². The fourth-order valence-electron chi connectivity index (χ4n) is 1.63. The van der Waals surface area contributed by atoms with E-state index in [9.17, 15) is 14.4 Å². The number of hydrogen-bond acceptors (Lipinski definition) is 5. The van der Waals surface area contributed by atoms with E-state index in [4.69, 9.17) is 15.5 Å². The number of carbonyl (C=O) groups excluding carboxylic acids is 1. The standard InChI is InChI=1S/C13H13N3O5/c14-5-9-3-1-2-4-10(9)15-11(17)6-16(7-12(18)19)8-13(20)21/h1-4H,6-8H2,(H,15,17)(H,18,19)(H,20,21). The minimum absolute atomic E-state index is 0.258. The lowest BCUT2D eigenvalue weighted by molar-refractivity contribution is -0.142. The van der Waals surface area contributed by atoms with E-state index in [1.807, 2.05) is 6.07 Å². The van der Waals surface area contributed by atoms with E-state index < -0.39 is 37.5 Å². The first kappa shape index (κ1) is 16.1. The molecule has 0 aliphatic carbocycles. The van der Waals surface area contributed by atoms with Gasteiger partial charge in [-0.25, -0.2) is 0 Å². The Hall–Kier alpha value is -2.92. The molecule has 0 unspecified atom stereocenters. The van der Waals surface area contributed by atoms with Crippen molar-refractivity contribution >= 4 is 23.5 Å². The Balaban J connectivity index is 2.71. The second-order valence-electron chi connectivity index (χ2n) is 4.14. The lowest BCUT2D eigenvalue weighted by atomic mass is 10.2. The zero-order valence-corrected chi connectivity index (χ0v) is 10.9. The first-order valence-electron chi connectivity index (χ1n) is 5.87. The third-order valence-corrected chi connectivity index (χ3v) is 2.41. The van der Waals surface area contributed by atoms with Crippen LogP contribution in [0.5, 0.6) is 0 Å². The number of benzene rings is 1. The van der Waals surface area contributed by atoms with Gasteiger partial charge in [-0.1, -0.05) is 12.1 Å². The van der Waals surface area contributed by atoms with Gasteiger partial charge in [-0.15, -0.1) is 0 Å². The van der Waals surface area contributed by atoms with E-state index in [1.165, 1.54) is 12.1 Å². The van der Waals surface area contributed by atoms with Gasteiger partial charge in [0.15, 0.2) is 0 Å². The lowest BCUT2D eigenvalue weighted by Crippen LogP contribution is -2.40. The summed E-state index contributed by atoms with van der Waals surface area (Å²) in [5, 5.41) is 28.7. The number of amides is 1. The maximum Gasteiger partial charge on any atom is 0.317 e. The lowest BCUT2D eigenvalue weighted by Gasteiger charge is -2.17. The van der Waals surface area contributed by atoms with Crippen molar-refractivity contribution < 1.29 is 24.6 Å². The molecule has 8 heteroatoms. The molecular formula is C13H13N3O5. The van der Waals surface area contributed by atoms with Crippen molar-refractivity contribution in [1.82, 2.24) is 4.90 Å². The molecule has 1 aromatic carbocycles. The minimum atomic E-state index is -1.23. The molecule has 0 saturated heterocycles. The molecule has 1 aromatic rings. The monoisotopic (exact) mass is 291 g/mol. The van der Waals surface area contributed by atoms with Gasteiger partial charge in [-0.05, 0) is 12.1 Å². The summed E-state index contributed by atoms with van der Waals surface area (Å²) in [6.07, 6.45) is 0. The first-order chi connectivity index (χ1) is 9.92. The maximum absolute atomic E-state index is 11.8. The Bertz CT molecular complexity index is 578. The molecule has 0 aromatic heterocycles. The zero-order valence-electron chi connectivity index (χ0n) is 10.9. The number of nitriles is 1. The quantitative estimate of drug-likeness (QED) is 0.642. The molecular weight excluding hydrogens is 278 g/mol. The highest BCUT2D eigenvalue weighted by molar-refractivity contribution is 5.94. The molecule has 0 radical (unpaired) electrons. The molecule has 0 aliphatic rings. The number of carboxylic acids is 2. The number of nitrogens with one attached hydrogen (secondary N) is 1. The normalized spacial score (nSPS) is 9.90. The van der Waals surface area contributed by atoms with Crippen molar-refractivity contribution in [3.8, 4) is 6.07 Å². The van der Waals surface area contributed by atoms with Gasteiger partial charge in [-0.2, -0.15) is 5.26 Å². The second kappa shape index (κ2) is 7.62. The second-order valence-corrected chi connectivity index (χ2v) is 4.14. The van der Waals surface area contributed by atoms with Gasteiger partial charge in [0.1, 0.15) is 6.07 Å². The van der Waals surface area contributed by atoms with Gasteiger partial charge in [0.05, 0.1) is 30.9 Å². The molecule has 0 heterocycles. The minimum Gasteiger partial charge on any atom is -0.480 e. The Labute approximate surface area is 120 Å². The van der Waals surface area contributed by atoms with Crippen LogP contribution in [0.3, 0.4) is 0 Å². The smallest absolute Gasteiger partial charge is 0.317 e. The number of aliphatic carboxylic acids is 2. The van der Waals surface area contributed by atoms with E-state index >= 15 is 0 Å². The van der Waals surface area contributed by atoms with Gasteiger partial charge < -0.3 is 15.5 Å². The predicted molar refractivity (Wildman–Crippen MR) is 71.5 cm³/mol. The number of anilines is 1. The number of carboxylic acid groups (broad SMARTS) is 2.